The van der Waals surface area contributed by atoms with Crippen molar-refractivity contribution in [1.82, 2.24) is 0 Å². The van der Waals surface area contributed by atoms with E-state index in [-0.39, 0.29) is 5.04 Å². The van der Waals surface area contributed by atoms with Gasteiger partial charge in [-0.2, -0.15) is 0 Å². The SMILES string of the molecule is CCCC(C)C(C)(C)[Si](C)(OC)OC. The molecule has 0 radical (unpaired) electrons. The summed E-state index contributed by atoms with van der Waals surface area (Å²) < 4.78 is 11.3. The first kappa shape index (κ1) is 14.1. The summed E-state index contributed by atoms with van der Waals surface area (Å²) in [5, 5.41) is 0.159. The van der Waals surface area contributed by atoms with Crippen LogP contribution in [0, 0.1) is 5.92 Å². The summed E-state index contributed by atoms with van der Waals surface area (Å²) in [4.78, 5) is 0. The Labute approximate surface area is 90.2 Å². The first-order valence-corrected chi connectivity index (χ1v) is 7.77. The summed E-state index contributed by atoms with van der Waals surface area (Å²) >= 11 is 0. The smallest absolute Gasteiger partial charge is 0.340 e. The average molecular weight is 218 g/mol. The molecule has 86 valence electrons. The van der Waals surface area contributed by atoms with E-state index in [0.717, 1.165) is 0 Å². The largest absolute Gasteiger partial charge is 0.397 e. The first-order chi connectivity index (χ1) is 6.35. The van der Waals surface area contributed by atoms with E-state index in [2.05, 4.69) is 34.2 Å². The molecule has 2 nitrogen and oxygen atoms in total. The third kappa shape index (κ3) is 2.58. The van der Waals surface area contributed by atoms with E-state index >= 15 is 0 Å². The molecule has 0 amide bonds. The molecule has 0 aromatic rings. The van der Waals surface area contributed by atoms with Crippen molar-refractivity contribution in [2.24, 2.45) is 5.92 Å². The van der Waals surface area contributed by atoms with Crippen LogP contribution in [0.5, 0.6) is 0 Å². The number of rotatable bonds is 6. The van der Waals surface area contributed by atoms with E-state index in [4.69, 9.17) is 8.85 Å². The first-order valence-electron chi connectivity index (χ1n) is 5.46. The fraction of sp³-hybridized carbons (Fsp3) is 1.00. The van der Waals surface area contributed by atoms with Gasteiger partial charge in [0.2, 0.25) is 0 Å². The van der Waals surface area contributed by atoms with Crippen LogP contribution in [0.15, 0.2) is 0 Å². The zero-order valence-corrected chi connectivity index (χ0v) is 11.8. The zero-order chi connectivity index (χ0) is 11.4. The van der Waals surface area contributed by atoms with E-state index in [9.17, 15) is 0 Å². The Morgan fingerprint density at radius 2 is 1.64 bits per heavy atom. The van der Waals surface area contributed by atoms with Gasteiger partial charge >= 0.3 is 8.56 Å². The van der Waals surface area contributed by atoms with Crippen LogP contribution >= 0.6 is 0 Å². The van der Waals surface area contributed by atoms with Crippen molar-refractivity contribution >= 4 is 8.56 Å². The lowest BCUT2D eigenvalue weighted by atomic mass is 9.92. The molecule has 0 saturated heterocycles. The van der Waals surface area contributed by atoms with Gasteiger partial charge in [0.15, 0.2) is 0 Å². The van der Waals surface area contributed by atoms with Crippen molar-refractivity contribution in [3.63, 3.8) is 0 Å². The van der Waals surface area contributed by atoms with E-state index in [1.165, 1.54) is 12.8 Å². The lowest BCUT2D eigenvalue weighted by Gasteiger charge is -2.43. The van der Waals surface area contributed by atoms with Crippen LogP contribution in [0.2, 0.25) is 11.6 Å². The molecule has 0 spiro atoms. The summed E-state index contributed by atoms with van der Waals surface area (Å²) in [6.45, 7) is 11.2. The monoisotopic (exact) mass is 218 g/mol. The molecular formula is C11H26O2Si. The Morgan fingerprint density at radius 1 is 1.21 bits per heavy atom. The minimum absolute atomic E-state index is 0.159. The van der Waals surface area contributed by atoms with Gasteiger partial charge in [-0.3, -0.25) is 0 Å². The molecule has 0 aromatic carbocycles. The Kier molecular flexibility index (Phi) is 5.34. The van der Waals surface area contributed by atoms with Crippen molar-refractivity contribution < 1.29 is 8.85 Å². The van der Waals surface area contributed by atoms with Crippen LogP contribution in [0.3, 0.4) is 0 Å². The molecule has 1 atom stereocenters. The number of hydrogen-bond donors (Lipinski definition) is 0. The second kappa shape index (κ2) is 5.28. The maximum atomic E-state index is 5.64. The molecule has 0 aromatic heterocycles. The van der Waals surface area contributed by atoms with Gasteiger partial charge in [0, 0.05) is 19.3 Å². The normalized spacial score (nSPS) is 15.6. The highest BCUT2D eigenvalue weighted by molar-refractivity contribution is 6.69. The second-order valence-electron chi connectivity index (χ2n) is 4.77. The molecule has 0 rings (SSSR count). The van der Waals surface area contributed by atoms with Gasteiger partial charge in [-0.15, -0.1) is 0 Å². The van der Waals surface area contributed by atoms with Crippen LogP contribution < -0.4 is 0 Å². The Morgan fingerprint density at radius 3 is 1.93 bits per heavy atom. The summed E-state index contributed by atoms with van der Waals surface area (Å²) in [5.74, 6) is 0.643. The van der Waals surface area contributed by atoms with Crippen LogP contribution in [0.1, 0.15) is 40.5 Å². The molecule has 1 unspecified atom stereocenters. The van der Waals surface area contributed by atoms with Gasteiger partial charge in [-0.25, -0.2) is 0 Å². The highest BCUT2D eigenvalue weighted by atomic mass is 28.4. The van der Waals surface area contributed by atoms with Gasteiger partial charge in [-0.1, -0.05) is 40.5 Å². The summed E-state index contributed by atoms with van der Waals surface area (Å²) in [6.07, 6.45) is 2.46. The van der Waals surface area contributed by atoms with Crippen LogP contribution in [0.4, 0.5) is 0 Å². The van der Waals surface area contributed by atoms with Crippen molar-refractivity contribution in [2.45, 2.75) is 52.1 Å². The predicted octanol–water partition coefficient (Wildman–Crippen LogP) is 3.57. The lowest BCUT2D eigenvalue weighted by molar-refractivity contribution is 0.192. The van der Waals surface area contributed by atoms with Gasteiger partial charge < -0.3 is 8.85 Å². The fourth-order valence-electron chi connectivity index (χ4n) is 1.85. The van der Waals surface area contributed by atoms with Crippen molar-refractivity contribution in [3.8, 4) is 0 Å². The molecule has 0 saturated carbocycles. The summed E-state index contributed by atoms with van der Waals surface area (Å²) in [7, 11) is 1.52. The standard InChI is InChI=1S/C11H26O2Si/c1-8-9-10(2)11(3,4)14(7,12-5)13-6/h10H,8-9H2,1-7H3. The Bertz CT molecular complexity index is 165. The molecule has 0 heterocycles. The third-order valence-electron chi connectivity index (χ3n) is 3.90. The van der Waals surface area contributed by atoms with Gasteiger partial charge in [0.25, 0.3) is 0 Å². The Balaban J connectivity index is 4.71. The van der Waals surface area contributed by atoms with Crippen molar-refractivity contribution in [2.75, 3.05) is 14.2 Å². The molecular weight excluding hydrogens is 192 g/mol. The molecule has 14 heavy (non-hydrogen) atoms. The van der Waals surface area contributed by atoms with E-state index < -0.39 is 8.56 Å². The molecule has 0 bridgehead atoms. The fourth-order valence-corrected chi connectivity index (χ4v) is 4.11. The summed E-state index contributed by atoms with van der Waals surface area (Å²) in [5.41, 5.74) is 0. The maximum Gasteiger partial charge on any atom is 0.340 e. The zero-order valence-electron chi connectivity index (χ0n) is 10.8. The number of hydrogen-bond acceptors (Lipinski definition) is 2. The quantitative estimate of drug-likeness (QED) is 0.635. The molecule has 0 aliphatic carbocycles. The van der Waals surface area contributed by atoms with E-state index in [0.29, 0.717) is 5.92 Å². The van der Waals surface area contributed by atoms with Gasteiger partial charge in [0.05, 0.1) is 0 Å². The van der Waals surface area contributed by atoms with E-state index in [1.54, 1.807) is 14.2 Å². The Hall–Kier alpha value is 0.137. The topological polar surface area (TPSA) is 18.5 Å². The highest BCUT2D eigenvalue weighted by Crippen LogP contribution is 2.46. The van der Waals surface area contributed by atoms with Gasteiger partial charge in [0.1, 0.15) is 0 Å². The molecule has 0 aliphatic heterocycles. The van der Waals surface area contributed by atoms with Gasteiger partial charge in [-0.05, 0) is 12.5 Å². The van der Waals surface area contributed by atoms with Crippen molar-refractivity contribution in [1.29, 1.82) is 0 Å². The second-order valence-corrected chi connectivity index (χ2v) is 8.76. The lowest BCUT2D eigenvalue weighted by Crippen LogP contribution is -2.49. The van der Waals surface area contributed by atoms with Crippen LogP contribution in [-0.4, -0.2) is 22.8 Å². The molecule has 0 fully saturated rings. The van der Waals surface area contributed by atoms with E-state index in [1.807, 2.05) is 0 Å². The third-order valence-corrected chi connectivity index (χ3v) is 8.29. The minimum Gasteiger partial charge on any atom is -0.397 e. The maximum absolute atomic E-state index is 5.64. The molecule has 0 aliphatic rings. The van der Waals surface area contributed by atoms with Crippen molar-refractivity contribution in [3.05, 3.63) is 0 Å². The summed E-state index contributed by atoms with van der Waals surface area (Å²) in [6, 6.07) is 0. The molecule has 3 heteroatoms. The van der Waals surface area contributed by atoms with Crippen LogP contribution in [-0.2, 0) is 8.85 Å². The minimum atomic E-state index is -2.03. The van der Waals surface area contributed by atoms with Crippen LogP contribution in [0.25, 0.3) is 0 Å². The highest BCUT2D eigenvalue weighted by Gasteiger charge is 2.49. The average Bonchev–Trinajstić information content (AvgIpc) is 2.16. The predicted molar refractivity (Wildman–Crippen MR) is 63.7 cm³/mol. The molecule has 0 N–H and O–H groups in total.